The third-order valence-corrected chi connectivity index (χ3v) is 3.06. The van der Waals surface area contributed by atoms with Crippen LogP contribution in [0.4, 0.5) is 8.78 Å². The Labute approximate surface area is 121 Å². The SMILES string of the molecule is CC(C)(C)NC(=O)COc1c(F)cc(F)cc1S(N)(=O)=O. The zero-order valence-electron chi connectivity index (χ0n) is 11.7. The minimum absolute atomic E-state index is 0.436. The first-order valence-electron chi connectivity index (χ1n) is 5.86. The minimum Gasteiger partial charge on any atom is -0.479 e. The van der Waals surface area contributed by atoms with Crippen LogP contribution < -0.4 is 15.2 Å². The number of hydrogen-bond donors (Lipinski definition) is 2. The smallest absolute Gasteiger partial charge is 0.258 e. The molecule has 118 valence electrons. The Kier molecular flexibility index (Phi) is 4.90. The molecule has 0 aliphatic rings. The zero-order chi connectivity index (χ0) is 16.4. The number of nitrogens with one attached hydrogen (secondary N) is 1. The number of carbonyl (C=O) groups is 1. The molecule has 3 N–H and O–H groups in total. The average molecular weight is 322 g/mol. The molecule has 0 aliphatic heterocycles. The standard InChI is InChI=1S/C12H16F2N2O4S/c1-12(2,3)16-10(17)6-20-11-8(14)4-7(13)5-9(11)21(15,18)19/h4-5H,6H2,1-3H3,(H,16,17)(H2,15,18,19). The molecule has 0 fully saturated rings. The Bertz CT molecular complexity index is 654. The van der Waals surface area contributed by atoms with Crippen LogP contribution in [0.1, 0.15) is 20.8 Å². The van der Waals surface area contributed by atoms with Gasteiger partial charge < -0.3 is 10.1 Å². The lowest BCUT2D eigenvalue weighted by Gasteiger charge is -2.20. The molecular weight excluding hydrogens is 306 g/mol. The molecule has 0 atom stereocenters. The van der Waals surface area contributed by atoms with Crippen LogP contribution in [-0.4, -0.2) is 26.5 Å². The summed E-state index contributed by atoms with van der Waals surface area (Å²) >= 11 is 0. The lowest BCUT2D eigenvalue weighted by Crippen LogP contribution is -2.43. The molecule has 0 heterocycles. The van der Waals surface area contributed by atoms with E-state index in [1.807, 2.05) is 0 Å². The summed E-state index contributed by atoms with van der Waals surface area (Å²) in [5.41, 5.74) is -0.537. The van der Waals surface area contributed by atoms with Crippen LogP contribution in [0.5, 0.6) is 5.75 Å². The maximum atomic E-state index is 13.6. The molecule has 0 radical (unpaired) electrons. The van der Waals surface area contributed by atoms with Crippen molar-refractivity contribution in [1.82, 2.24) is 5.32 Å². The molecule has 0 saturated heterocycles. The molecule has 21 heavy (non-hydrogen) atoms. The molecule has 0 unspecified atom stereocenters. The molecule has 0 aliphatic carbocycles. The average Bonchev–Trinajstić information content (AvgIpc) is 2.23. The van der Waals surface area contributed by atoms with E-state index in [0.29, 0.717) is 12.1 Å². The molecule has 1 amide bonds. The molecule has 1 aromatic rings. The van der Waals surface area contributed by atoms with Gasteiger partial charge in [0.05, 0.1) is 0 Å². The first-order valence-corrected chi connectivity index (χ1v) is 7.40. The van der Waals surface area contributed by atoms with E-state index in [4.69, 9.17) is 9.88 Å². The number of rotatable bonds is 4. The van der Waals surface area contributed by atoms with Gasteiger partial charge >= 0.3 is 0 Å². The monoisotopic (exact) mass is 322 g/mol. The third kappa shape index (κ3) is 5.27. The Hall–Kier alpha value is -1.74. The Morgan fingerprint density at radius 2 is 1.90 bits per heavy atom. The van der Waals surface area contributed by atoms with Crippen LogP contribution in [0.15, 0.2) is 17.0 Å². The molecule has 1 rings (SSSR count). The second-order valence-electron chi connectivity index (χ2n) is 5.35. The number of halogens is 2. The number of primary sulfonamides is 1. The zero-order valence-corrected chi connectivity index (χ0v) is 12.6. The number of amides is 1. The van der Waals surface area contributed by atoms with Crippen molar-refractivity contribution >= 4 is 15.9 Å². The van der Waals surface area contributed by atoms with E-state index in [1.54, 1.807) is 20.8 Å². The van der Waals surface area contributed by atoms with E-state index in [9.17, 15) is 22.0 Å². The van der Waals surface area contributed by atoms with Crippen LogP contribution in [-0.2, 0) is 14.8 Å². The van der Waals surface area contributed by atoms with E-state index in [0.717, 1.165) is 0 Å². The number of carbonyl (C=O) groups excluding carboxylic acids is 1. The van der Waals surface area contributed by atoms with Gasteiger partial charge in [-0.3, -0.25) is 4.79 Å². The van der Waals surface area contributed by atoms with Gasteiger partial charge in [0.15, 0.2) is 18.2 Å². The van der Waals surface area contributed by atoms with Crippen LogP contribution >= 0.6 is 0 Å². The van der Waals surface area contributed by atoms with Crippen molar-refractivity contribution in [3.63, 3.8) is 0 Å². The highest BCUT2D eigenvalue weighted by Gasteiger charge is 2.22. The molecule has 0 spiro atoms. The lowest BCUT2D eigenvalue weighted by molar-refractivity contribution is -0.124. The normalized spacial score (nSPS) is 12.1. The molecule has 0 bridgehead atoms. The van der Waals surface area contributed by atoms with Gasteiger partial charge in [0, 0.05) is 11.6 Å². The lowest BCUT2D eigenvalue weighted by atomic mass is 10.1. The highest BCUT2D eigenvalue weighted by atomic mass is 32.2. The summed E-state index contributed by atoms with van der Waals surface area (Å²) in [5.74, 6) is -3.76. The quantitative estimate of drug-likeness (QED) is 0.860. The van der Waals surface area contributed by atoms with Gasteiger partial charge in [0.2, 0.25) is 10.0 Å². The summed E-state index contributed by atoms with van der Waals surface area (Å²) in [4.78, 5) is 10.7. The minimum atomic E-state index is -4.40. The summed E-state index contributed by atoms with van der Waals surface area (Å²) in [6.45, 7) is 4.53. The second-order valence-corrected chi connectivity index (χ2v) is 6.88. The molecule has 6 nitrogen and oxygen atoms in total. The van der Waals surface area contributed by atoms with Gasteiger partial charge in [-0.2, -0.15) is 0 Å². The first kappa shape index (κ1) is 17.3. The summed E-state index contributed by atoms with van der Waals surface area (Å²) in [6, 6.07) is 0.959. The highest BCUT2D eigenvalue weighted by Crippen LogP contribution is 2.27. The van der Waals surface area contributed by atoms with Crippen molar-refractivity contribution in [3.05, 3.63) is 23.8 Å². The predicted octanol–water partition coefficient (Wildman–Crippen LogP) is 0.906. The molecule has 0 aromatic heterocycles. The third-order valence-electron chi connectivity index (χ3n) is 2.14. The van der Waals surface area contributed by atoms with Crippen LogP contribution in [0.25, 0.3) is 0 Å². The van der Waals surface area contributed by atoms with Crippen molar-refractivity contribution < 1.29 is 26.7 Å². The number of ether oxygens (including phenoxy) is 1. The Morgan fingerprint density at radius 3 is 2.38 bits per heavy atom. The van der Waals surface area contributed by atoms with Gasteiger partial charge in [-0.25, -0.2) is 22.3 Å². The summed E-state index contributed by atoms with van der Waals surface area (Å²) in [5, 5.41) is 7.40. The van der Waals surface area contributed by atoms with E-state index < -0.39 is 50.4 Å². The first-order chi connectivity index (χ1) is 9.40. The number of nitrogens with two attached hydrogens (primary N) is 1. The Balaban J connectivity index is 3.02. The molecule has 0 saturated carbocycles. The predicted molar refractivity (Wildman–Crippen MR) is 71.1 cm³/mol. The fourth-order valence-corrected chi connectivity index (χ4v) is 2.17. The van der Waals surface area contributed by atoms with Gasteiger partial charge in [0.1, 0.15) is 10.7 Å². The Morgan fingerprint density at radius 1 is 1.33 bits per heavy atom. The van der Waals surface area contributed by atoms with E-state index in [-0.39, 0.29) is 0 Å². The van der Waals surface area contributed by atoms with Crippen LogP contribution in [0, 0.1) is 11.6 Å². The molecule has 9 heteroatoms. The molecule has 1 aromatic carbocycles. The number of hydrogen-bond acceptors (Lipinski definition) is 4. The van der Waals surface area contributed by atoms with E-state index in [1.165, 1.54) is 0 Å². The van der Waals surface area contributed by atoms with Gasteiger partial charge in [0.25, 0.3) is 5.91 Å². The summed E-state index contributed by atoms with van der Waals surface area (Å²) in [7, 11) is -4.40. The fourth-order valence-electron chi connectivity index (χ4n) is 1.48. The van der Waals surface area contributed by atoms with Crippen molar-refractivity contribution in [3.8, 4) is 5.75 Å². The maximum Gasteiger partial charge on any atom is 0.258 e. The van der Waals surface area contributed by atoms with Crippen molar-refractivity contribution in [2.45, 2.75) is 31.2 Å². The van der Waals surface area contributed by atoms with Crippen LogP contribution in [0.2, 0.25) is 0 Å². The highest BCUT2D eigenvalue weighted by molar-refractivity contribution is 7.89. The van der Waals surface area contributed by atoms with Gasteiger partial charge in [-0.05, 0) is 26.8 Å². The van der Waals surface area contributed by atoms with Crippen molar-refractivity contribution in [2.75, 3.05) is 6.61 Å². The topological polar surface area (TPSA) is 98.5 Å². The fraction of sp³-hybridized carbons (Fsp3) is 0.417. The van der Waals surface area contributed by atoms with Crippen molar-refractivity contribution in [2.24, 2.45) is 5.14 Å². The van der Waals surface area contributed by atoms with E-state index in [2.05, 4.69) is 5.32 Å². The second kappa shape index (κ2) is 5.94. The van der Waals surface area contributed by atoms with Gasteiger partial charge in [-0.1, -0.05) is 0 Å². The number of sulfonamides is 1. The maximum absolute atomic E-state index is 13.6. The van der Waals surface area contributed by atoms with Gasteiger partial charge in [-0.15, -0.1) is 0 Å². The van der Waals surface area contributed by atoms with Crippen molar-refractivity contribution in [1.29, 1.82) is 0 Å². The molecular formula is C12H16F2N2O4S. The summed E-state index contributed by atoms with van der Waals surface area (Å²) in [6.07, 6.45) is 0. The van der Waals surface area contributed by atoms with Crippen LogP contribution in [0.3, 0.4) is 0 Å². The number of benzene rings is 1. The largest absolute Gasteiger partial charge is 0.479 e. The summed E-state index contributed by atoms with van der Waals surface area (Å²) < 4.78 is 54.1. The van der Waals surface area contributed by atoms with E-state index >= 15 is 0 Å².